The molecule has 1 N–H and O–H groups in total. The van der Waals surface area contributed by atoms with Gasteiger partial charge in [-0.3, -0.25) is 0 Å². The van der Waals surface area contributed by atoms with Crippen molar-refractivity contribution >= 4 is 6.09 Å². The molecule has 1 fully saturated rings. The molecule has 1 aliphatic carbocycles. The summed E-state index contributed by atoms with van der Waals surface area (Å²) in [6.07, 6.45) is 8.57. The molecule has 1 unspecified atom stereocenters. The Morgan fingerprint density at radius 2 is 2.24 bits per heavy atom. The monoisotopic (exact) mass is 293 g/mol. The lowest BCUT2D eigenvalue weighted by Gasteiger charge is -2.26. The van der Waals surface area contributed by atoms with Gasteiger partial charge in [0.05, 0.1) is 24.3 Å². The quantitative estimate of drug-likeness (QED) is 0.901. The lowest BCUT2D eigenvalue weighted by atomic mass is 9.83. The van der Waals surface area contributed by atoms with Gasteiger partial charge in [-0.25, -0.2) is 9.78 Å². The summed E-state index contributed by atoms with van der Waals surface area (Å²) in [7, 11) is 0. The fourth-order valence-corrected chi connectivity index (χ4v) is 2.54. The largest absolute Gasteiger partial charge is 0.444 e. The molecule has 0 saturated heterocycles. The van der Waals surface area contributed by atoms with Crippen molar-refractivity contribution in [1.82, 2.24) is 14.9 Å². The molecule has 21 heavy (non-hydrogen) atoms. The summed E-state index contributed by atoms with van der Waals surface area (Å²) in [6.45, 7) is 8.52. The van der Waals surface area contributed by atoms with Gasteiger partial charge in [0.2, 0.25) is 0 Å². The van der Waals surface area contributed by atoms with E-state index in [2.05, 4.69) is 14.9 Å². The van der Waals surface area contributed by atoms with Crippen molar-refractivity contribution in [3.63, 3.8) is 0 Å². The van der Waals surface area contributed by atoms with Crippen LogP contribution in [0.15, 0.2) is 12.5 Å². The van der Waals surface area contributed by atoms with Crippen LogP contribution in [0.25, 0.3) is 0 Å². The number of hydrogen-bond donors (Lipinski definition) is 1. The van der Waals surface area contributed by atoms with Gasteiger partial charge in [0.15, 0.2) is 0 Å². The summed E-state index contributed by atoms with van der Waals surface area (Å²) in [5.41, 5.74) is 0.550. The predicted molar refractivity (Wildman–Crippen MR) is 82.0 cm³/mol. The van der Waals surface area contributed by atoms with Crippen molar-refractivity contribution in [1.29, 1.82) is 0 Å². The van der Waals surface area contributed by atoms with Crippen LogP contribution in [-0.2, 0) is 11.3 Å². The summed E-state index contributed by atoms with van der Waals surface area (Å²) in [6, 6.07) is -0.108. The first-order chi connectivity index (χ1) is 9.85. The minimum absolute atomic E-state index is 0.108. The van der Waals surface area contributed by atoms with Crippen LogP contribution < -0.4 is 5.32 Å². The summed E-state index contributed by atoms with van der Waals surface area (Å²) in [5, 5.41) is 2.87. The van der Waals surface area contributed by atoms with E-state index >= 15 is 0 Å². The van der Waals surface area contributed by atoms with Crippen LogP contribution in [0.3, 0.4) is 0 Å². The van der Waals surface area contributed by atoms with Crippen LogP contribution in [0.2, 0.25) is 0 Å². The van der Waals surface area contributed by atoms with Gasteiger partial charge in [-0.1, -0.05) is 19.3 Å². The van der Waals surface area contributed by atoms with E-state index < -0.39 is 5.60 Å². The second-order valence-corrected chi connectivity index (χ2v) is 6.97. The number of alkyl carbamates (subject to hydrolysis) is 1. The molecule has 0 spiro atoms. The molecule has 1 aromatic heterocycles. The van der Waals surface area contributed by atoms with Gasteiger partial charge in [-0.15, -0.1) is 0 Å². The highest BCUT2D eigenvalue weighted by Crippen LogP contribution is 2.30. The fourth-order valence-electron chi connectivity index (χ4n) is 2.54. The highest BCUT2D eigenvalue weighted by molar-refractivity contribution is 5.68. The highest BCUT2D eigenvalue weighted by Gasteiger charge is 2.21. The van der Waals surface area contributed by atoms with Crippen LogP contribution >= 0.6 is 0 Å². The van der Waals surface area contributed by atoms with E-state index in [1.807, 2.05) is 40.2 Å². The molecule has 0 bridgehead atoms. The summed E-state index contributed by atoms with van der Waals surface area (Å²) >= 11 is 0. The summed E-state index contributed by atoms with van der Waals surface area (Å²) in [5.74, 6) is 0.870. The minimum atomic E-state index is -0.478. The fraction of sp³-hybridized carbons (Fsp3) is 0.750. The van der Waals surface area contributed by atoms with Gasteiger partial charge >= 0.3 is 6.09 Å². The van der Waals surface area contributed by atoms with Crippen molar-refractivity contribution < 1.29 is 9.53 Å². The second kappa shape index (κ2) is 6.50. The maximum absolute atomic E-state index is 11.8. The number of imidazole rings is 1. The van der Waals surface area contributed by atoms with E-state index in [-0.39, 0.29) is 12.1 Å². The third-order valence-electron chi connectivity index (χ3n) is 3.92. The average Bonchev–Trinajstić information content (AvgIpc) is 2.72. The van der Waals surface area contributed by atoms with Crippen molar-refractivity contribution in [3.8, 4) is 0 Å². The maximum Gasteiger partial charge on any atom is 0.408 e. The predicted octanol–water partition coefficient (Wildman–Crippen LogP) is 3.66. The Balaban J connectivity index is 1.88. The molecule has 1 saturated carbocycles. The van der Waals surface area contributed by atoms with Crippen molar-refractivity contribution in [2.75, 3.05) is 0 Å². The lowest BCUT2D eigenvalue weighted by molar-refractivity contribution is 0.0506. The number of carbonyl (C=O) groups is 1. The van der Waals surface area contributed by atoms with Crippen molar-refractivity contribution in [2.45, 2.75) is 71.6 Å². The van der Waals surface area contributed by atoms with E-state index in [1.54, 1.807) is 0 Å². The Kier molecular flexibility index (Phi) is 4.91. The Bertz CT molecular complexity index is 472. The zero-order valence-corrected chi connectivity index (χ0v) is 13.6. The van der Waals surface area contributed by atoms with Crippen molar-refractivity contribution in [3.05, 3.63) is 18.2 Å². The molecule has 1 atom stereocenters. The minimum Gasteiger partial charge on any atom is -0.444 e. The summed E-state index contributed by atoms with van der Waals surface area (Å²) < 4.78 is 7.43. The first kappa shape index (κ1) is 15.9. The molecular formula is C16H27N3O2. The smallest absolute Gasteiger partial charge is 0.408 e. The number of rotatable bonds is 5. The number of carbonyl (C=O) groups excluding carboxylic acids is 1. The SMILES string of the molecule is CC(NC(=O)OC(C)(C)C)c1cncn1CCC1CCC1. The summed E-state index contributed by atoms with van der Waals surface area (Å²) in [4.78, 5) is 16.1. The van der Waals surface area contributed by atoms with Crippen LogP contribution in [0.1, 0.15) is 65.1 Å². The van der Waals surface area contributed by atoms with Crippen LogP contribution in [-0.4, -0.2) is 21.2 Å². The van der Waals surface area contributed by atoms with E-state index in [0.29, 0.717) is 0 Å². The third-order valence-corrected chi connectivity index (χ3v) is 3.92. The van der Waals surface area contributed by atoms with Gasteiger partial charge in [0.25, 0.3) is 0 Å². The second-order valence-electron chi connectivity index (χ2n) is 6.97. The Hall–Kier alpha value is -1.52. The van der Waals surface area contributed by atoms with Crippen LogP contribution in [0, 0.1) is 5.92 Å². The molecule has 0 aromatic carbocycles. The number of aromatic nitrogens is 2. The van der Waals surface area contributed by atoms with E-state index in [9.17, 15) is 4.79 Å². The van der Waals surface area contributed by atoms with Gasteiger partial charge in [-0.2, -0.15) is 0 Å². The third kappa shape index (κ3) is 4.76. The average molecular weight is 293 g/mol. The number of aryl methyl sites for hydroxylation is 1. The van der Waals surface area contributed by atoms with E-state index in [0.717, 1.165) is 18.2 Å². The van der Waals surface area contributed by atoms with E-state index in [4.69, 9.17) is 4.74 Å². The van der Waals surface area contributed by atoms with Gasteiger partial charge < -0.3 is 14.6 Å². The van der Waals surface area contributed by atoms with Gasteiger partial charge in [-0.05, 0) is 40.0 Å². The first-order valence-corrected chi connectivity index (χ1v) is 7.84. The normalized spacial score (nSPS) is 17.1. The number of hydrogen-bond acceptors (Lipinski definition) is 3. The van der Waals surface area contributed by atoms with E-state index in [1.165, 1.54) is 25.7 Å². The highest BCUT2D eigenvalue weighted by atomic mass is 16.6. The molecule has 5 nitrogen and oxygen atoms in total. The molecule has 1 aromatic rings. The zero-order chi connectivity index (χ0) is 15.5. The number of ether oxygens (including phenoxy) is 1. The molecule has 1 aliphatic rings. The Morgan fingerprint density at radius 3 is 2.81 bits per heavy atom. The topological polar surface area (TPSA) is 56.1 Å². The number of nitrogens with one attached hydrogen (secondary N) is 1. The molecular weight excluding hydrogens is 266 g/mol. The van der Waals surface area contributed by atoms with Gasteiger partial charge in [0.1, 0.15) is 5.60 Å². The van der Waals surface area contributed by atoms with Crippen LogP contribution in [0.5, 0.6) is 0 Å². The standard InChI is InChI=1S/C16H27N3O2/c1-12(18-15(20)21-16(2,3)4)14-10-17-11-19(14)9-8-13-6-5-7-13/h10-13H,5-9H2,1-4H3,(H,18,20). The van der Waals surface area contributed by atoms with Gasteiger partial charge in [0, 0.05) is 6.54 Å². The molecule has 0 aliphatic heterocycles. The maximum atomic E-state index is 11.8. The molecule has 5 heteroatoms. The number of nitrogens with zero attached hydrogens (tertiary/aromatic N) is 2. The Labute approximate surface area is 127 Å². The lowest BCUT2D eigenvalue weighted by Crippen LogP contribution is -2.34. The van der Waals surface area contributed by atoms with Crippen molar-refractivity contribution in [2.24, 2.45) is 5.92 Å². The molecule has 2 rings (SSSR count). The first-order valence-electron chi connectivity index (χ1n) is 7.84. The van der Waals surface area contributed by atoms with Crippen LogP contribution in [0.4, 0.5) is 4.79 Å². The molecule has 0 radical (unpaired) electrons. The molecule has 1 heterocycles. The molecule has 118 valence electrons. The zero-order valence-electron chi connectivity index (χ0n) is 13.6. The number of amides is 1. The Morgan fingerprint density at radius 1 is 1.52 bits per heavy atom. The molecule has 1 amide bonds.